The molecule has 9 nitrogen and oxygen atoms in total. The SMILES string of the molecule is O=C1c2[nH]nc(-c3ccccc3O)c2C(c2cccc([N+](=O)[O-])c2)N1Cc1cccnc1. The number of pyridine rings is 1. The number of nitrogens with one attached hydrogen (secondary N) is 1. The Morgan fingerprint density at radius 3 is 2.72 bits per heavy atom. The topological polar surface area (TPSA) is 125 Å². The number of hydrogen-bond donors (Lipinski definition) is 2. The lowest BCUT2D eigenvalue weighted by Crippen LogP contribution is -2.29. The number of para-hydroxylation sites is 1. The van der Waals surface area contributed by atoms with Crippen molar-refractivity contribution in [3.8, 4) is 17.0 Å². The second-order valence-corrected chi connectivity index (χ2v) is 7.43. The van der Waals surface area contributed by atoms with Gasteiger partial charge in [-0.3, -0.25) is 25.0 Å². The first-order valence-corrected chi connectivity index (χ1v) is 9.85. The minimum Gasteiger partial charge on any atom is -0.507 e. The predicted molar refractivity (Wildman–Crippen MR) is 115 cm³/mol. The van der Waals surface area contributed by atoms with Crippen LogP contribution in [0.1, 0.15) is 33.2 Å². The Morgan fingerprint density at radius 2 is 1.97 bits per heavy atom. The molecular formula is C23H17N5O4. The highest BCUT2D eigenvalue weighted by Gasteiger charge is 2.42. The zero-order valence-electron chi connectivity index (χ0n) is 16.7. The van der Waals surface area contributed by atoms with Gasteiger partial charge in [0.2, 0.25) is 0 Å². The van der Waals surface area contributed by atoms with Crippen LogP contribution in [-0.4, -0.2) is 36.0 Å². The fourth-order valence-electron chi connectivity index (χ4n) is 4.08. The minimum absolute atomic E-state index is 0.0257. The first kappa shape index (κ1) is 19.4. The summed E-state index contributed by atoms with van der Waals surface area (Å²) >= 11 is 0. The van der Waals surface area contributed by atoms with Crippen LogP contribution in [0, 0.1) is 10.1 Å². The number of nitro benzene ring substituents is 1. The Morgan fingerprint density at radius 1 is 1.12 bits per heavy atom. The molecule has 3 heterocycles. The molecule has 9 heteroatoms. The molecule has 2 N–H and O–H groups in total. The summed E-state index contributed by atoms with van der Waals surface area (Å²) in [4.78, 5) is 30.1. The predicted octanol–water partition coefficient (Wildman–Crippen LogP) is 3.83. The van der Waals surface area contributed by atoms with Gasteiger partial charge in [0.1, 0.15) is 17.1 Å². The van der Waals surface area contributed by atoms with E-state index in [0.717, 1.165) is 5.56 Å². The number of phenols is 1. The van der Waals surface area contributed by atoms with Gasteiger partial charge < -0.3 is 10.0 Å². The van der Waals surface area contributed by atoms with Crippen LogP contribution in [0.15, 0.2) is 73.1 Å². The number of carbonyl (C=O) groups excluding carboxylic acids is 1. The van der Waals surface area contributed by atoms with Gasteiger partial charge >= 0.3 is 0 Å². The number of fused-ring (bicyclic) bond motifs is 1. The normalized spacial score (nSPS) is 15.1. The van der Waals surface area contributed by atoms with E-state index in [0.29, 0.717) is 28.1 Å². The molecule has 1 aliphatic rings. The maximum absolute atomic E-state index is 13.4. The van der Waals surface area contributed by atoms with Crippen molar-refractivity contribution in [1.82, 2.24) is 20.1 Å². The van der Waals surface area contributed by atoms with Crippen molar-refractivity contribution in [3.63, 3.8) is 0 Å². The van der Waals surface area contributed by atoms with Crippen LogP contribution >= 0.6 is 0 Å². The Kier molecular flexibility index (Phi) is 4.63. The molecule has 0 saturated heterocycles. The smallest absolute Gasteiger partial charge is 0.273 e. The molecule has 158 valence electrons. The summed E-state index contributed by atoms with van der Waals surface area (Å²) in [7, 11) is 0. The zero-order valence-corrected chi connectivity index (χ0v) is 16.7. The molecule has 4 aromatic rings. The molecule has 0 aliphatic carbocycles. The van der Waals surface area contributed by atoms with Crippen LogP contribution in [0.2, 0.25) is 0 Å². The van der Waals surface area contributed by atoms with Gasteiger partial charge in [-0.05, 0) is 29.3 Å². The molecule has 32 heavy (non-hydrogen) atoms. The van der Waals surface area contributed by atoms with E-state index in [1.165, 1.54) is 12.1 Å². The lowest BCUT2D eigenvalue weighted by atomic mass is 9.95. The summed E-state index contributed by atoms with van der Waals surface area (Å²) < 4.78 is 0. The van der Waals surface area contributed by atoms with Gasteiger partial charge in [-0.1, -0.05) is 30.3 Å². The van der Waals surface area contributed by atoms with Gasteiger partial charge in [-0.25, -0.2) is 0 Å². The number of benzene rings is 2. The molecule has 0 saturated carbocycles. The van der Waals surface area contributed by atoms with E-state index in [-0.39, 0.29) is 23.9 Å². The van der Waals surface area contributed by atoms with Crippen molar-refractivity contribution < 1.29 is 14.8 Å². The molecule has 2 aromatic heterocycles. The molecule has 1 atom stereocenters. The Hall–Kier alpha value is -4.53. The van der Waals surface area contributed by atoms with E-state index < -0.39 is 11.0 Å². The van der Waals surface area contributed by atoms with Crippen LogP contribution in [0.3, 0.4) is 0 Å². The number of non-ortho nitro benzene ring substituents is 1. The van der Waals surface area contributed by atoms with E-state index in [2.05, 4.69) is 15.2 Å². The van der Waals surface area contributed by atoms with Crippen molar-refractivity contribution >= 4 is 11.6 Å². The second-order valence-electron chi connectivity index (χ2n) is 7.43. The summed E-state index contributed by atoms with van der Waals surface area (Å²) in [5.41, 5.74) is 3.08. The Bertz CT molecular complexity index is 1340. The third kappa shape index (κ3) is 3.16. The average molecular weight is 427 g/mol. The summed E-state index contributed by atoms with van der Waals surface area (Å²) in [6.07, 6.45) is 3.32. The number of nitrogens with zero attached hydrogens (tertiary/aromatic N) is 4. The van der Waals surface area contributed by atoms with E-state index in [1.54, 1.807) is 59.8 Å². The highest BCUT2D eigenvalue weighted by atomic mass is 16.6. The molecule has 0 radical (unpaired) electrons. The van der Waals surface area contributed by atoms with E-state index in [1.807, 2.05) is 6.07 Å². The standard InChI is InChI=1S/C23H17N5O4/c29-18-9-2-1-8-17(18)20-19-21(26-25-20)23(30)27(13-14-5-4-10-24-12-14)22(19)15-6-3-7-16(11-15)28(31)32/h1-12,22,29H,13H2,(H,25,26). The van der Waals surface area contributed by atoms with Gasteiger partial charge in [-0.15, -0.1) is 0 Å². The van der Waals surface area contributed by atoms with Crippen LogP contribution < -0.4 is 0 Å². The number of hydrogen-bond acceptors (Lipinski definition) is 6. The summed E-state index contributed by atoms with van der Waals surface area (Å²) in [5, 5.41) is 28.9. The fraction of sp³-hybridized carbons (Fsp3) is 0.0870. The molecule has 0 fully saturated rings. The van der Waals surface area contributed by atoms with Crippen molar-refractivity contribution in [2.45, 2.75) is 12.6 Å². The Labute approximate surface area is 182 Å². The number of aromatic amines is 1. The van der Waals surface area contributed by atoms with Crippen molar-refractivity contribution in [1.29, 1.82) is 0 Å². The molecule has 0 bridgehead atoms. The summed E-state index contributed by atoms with van der Waals surface area (Å²) in [6.45, 7) is 0.253. The molecule has 1 aliphatic heterocycles. The number of nitro groups is 1. The Balaban J connectivity index is 1.69. The van der Waals surface area contributed by atoms with Crippen molar-refractivity contribution in [3.05, 3.63) is 106 Å². The first-order chi connectivity index (χ1) is 15.5. The number of aromatic hydroxyl groups is 1. The second kappa shape index (κ2) is 7.62. The number of aromatic nitrogens is 3. The van der Waals surface area contributed by atoms with Gasteiger partial charge in [0.25, 0.3) is 11.6 Å². The van der Waals surface area contributed by atoms with Gasteiger partial charge in [0.05, 0.1) is 11.0 Å². The minimum atomic E-state index is -0.633. The lowest BCUT2D eigenvalue weighted by Gasteiger charge is -2.26. The number of H-pyrrole nitrogens is 1. The largest absolute Gasteiger partial charge is 0.507 e. The lowest BCUT2D eigenvalue weighted by molar-refractivity contribution is -0.384. The zero-order chi connectivity index (χ0) is 22.2. The number of rotatable bonds is 5. The van der Waals surface area contributed by atoms with Gasteiger partial charge in [0, 0.05) is 42.2 Å². The van der Waals surface area contributed by atoms with Crippen molar-refractivity contribution in [2.75, 3.05) is 0 Å². The monoisotopic (exact) mass is 427 g/mol. The number of carbonyl (C=O) groups is 1. The van der Waals surface area contributed by atoms with Crippen LogP contribution in [0.25, 0.3) is 11.3 Å². The molecule has 0 spiro atoms. The fourth-order valence-corrected chi connectivity index (χ4v) is 4.08. The third-order valence-electron chi connectivity index (χ3n) is 5.50. The molecule has 1 amide bonds. The third-order valence-corrected chi connectivity index (χ3v) is 5.50. The summed E-state index contributed by atoms with van der Waals surface area (Å²) in [6, 6.07) is 15.9. The maximum atomic E-state index is 13.4. The van der Waals surface area contributed by atoms with Crippen molar-refractivity contribution in [2.24, 2.45) is 0 Å². The molecular weight excluding hydrogens is 410 g/mol. The molecule has 2 aromatic carbocycles. The summed E-state index contributed by atoms with van der Waals surface area (Å²) in [5.74, 6) is -0.257. The van der Waals surface area contributed by atoms with Crippen LogP contribution in [-0.2, 0) is 6.54 Å². The van der Waals surface area contributed by atoms with E-state index in [9.17, 15) is 20.0 Å². The quantitative estimate of drug-likeness (QED) is 0.368. The van der Waals surface area contributed by atoms with Crippen LogP contribution in [0.5, 0.6) is 5.75 Å². The maximum Gasteiger partial charge on any atom is 0.273 e. The first-order valence-electron chi connectivity index (χ1n) is 9.85. The number of amides is 1. The average Bonchev–Trinajstić information content (AvgIpc) is 3.34. The molecule has 5 rings (SSSR count). The highest BCUT2D eigenvalue weighted by molar-refractivity contribution is 6.00. The molecule has 1 unspecified atom stereocenters. The van der Waals surface area contributed by atoms with E-state index in [4.69, 9.17) is 0 Å². The van der Waals surface area contributed by atoms with Gasteiger partial charge in [-0.2, -0.15) is 5.10 Å². The highest BCUT2D eigenvalue weighted by Crippen LogP contribution is 2.45. The van der Waals surface area contributed by atoms with Crippen LogP contribution in [0.4, 0.5) is 5.69 Å². The van der Waals surface area contributed by atoms with Gasteiger partial charge in [0.15, 0.2) is 0 Å². The van der Waals surface area contributed by atoms with E-state index >= 15 is 0 Å². The number of phenolic OH excluding ortho intramolecular Hbond substituents is 1.